The molecule has 3 rings (SSSR count). The third-order valence-electron chi connectivity index (χ3n) is 4.83. The van der Waals surface area contributed by atoms with E-state index in [1.54, 1.807) is 12.1 Å². The summed E-state index contributed by atoms with van der Waals surface area (Å²) in [5, 5.41) is 5.05. The van der Waals surface area contributed by atoms with Gasteiger partial charge in [0.2, 0.25) is 0 Å². The number of piperidine rings is 1. The number of amides is 2. The number of carbonyl (C=O) groups is 2. The Balaban J connectivity index is 1.89. The summed E-state index contributed by atoms with van der Waals surface area (Å²) in [4.78, 5) is 26.1. The van der Waals surface area contributed by atoms with Gasteiger partial charge in [0.1, 0.15) is 0 Å². The highest BCUT2D eigenvalue weighted by Crippen LogP contribution is 2.36. The van der Waals surface area contributed by atoms with Gasteiger partial charge in [-0.1, -0.05) is 6.07 Å². The average molecular weight is 421 g/mol. The van der Waals surface area contributed by atoms with E-state index >= 15 is 0 Å². The van der Waals surface area contributed by atoms with Crippen LogP contribution in [0.5, 0.6) is 0 Å². The summed E-state index contributed by atoms with van der Waals surface area (Å²) >= 11 is 0. The molecule has 1 fully saturated rings. The maximum Gasteiger partial charge on any atom is 0.416 e. The van der Waals surface area contributed by atoms with Crippen LogP contribution in [0.25, 0.3) is 0 Å². The lowest BCUT2D eigenvalue weighted by Gasteiger charge is -2.31. The number of halogens is 3. The second-order valence-corrected chi connectivity index (χ2v) is 6.93. The van der Waals surface area contributed by atoms with Crippen molar-refractivity contribution in [3.8, 4) is 0 Å². The molecule has 2 aromatic rings. The minimum absolute atomic E-state index is 0.100. The molecule has 2 aromatic carbocycles. The van der Waals surface area contributed by atoms with Crippen LogP contribution in [0.1, 0.15) is 35.2 Å². The summed E-state index contributed by atoms with van der Waals surface area (Å²) in [5.74, 6) is -0.582. The Kier molecular flexibility index (Phi) is 6.49. The Morgan fingerprint density at radius 1 is 1.00 bits per heavy atom. The molecule has 160 valence electrons. The molecule has 0 unspecified atom stereocenters. The number of rotatable bonds is 4. The van der Waals surface area contributed by atoms with E-state index in [0.717, 1.165) is 31.4 Å². The first-order valence-electron chi connectivity index (χ1n) is 9.50. The summed E-state index contributed by atoms with van der Waals surface area (Å²) in [6.07, 6.45) is -2.27. The van der Waals surface area contributed by atoms with Gasteiger partial charge in [-0.2, -0.15) is 13.2 Å². The van der Waals surface area contributed by atoms with Crippen LogP contribution in [0.3, 0.4) is 0 Å². The standard InChI is InChI=1S/C21H22F3N3O3/c1-30-20(29)25-16-7-5-6-14(12-16)19(28)26-17-13-15(21(22,23)24)8-9-18(17)27-10-3-2-4-11-27/h5-9,12-13H,2-4,10-11H2,1H3,(H,25,29)(H,26,28). The second kappa shape index (κ2) is 9.06. The quantitative estimate of drug-likeness (QED) is 0.718. The van der Waals surface area contributed by atoms with Gasteiger partial charge >= 0.3 is 12.3 Å². The molecule has 2 N–H and O–H groups in total. The van der Waals surface area contributed by atoms with Gasteiger partial charge in [0.05, 0.1) is 24.0 Å². The molecule has 1 saturated heterocycles. The first-order valence-corrected chi connectivity index (χ1v) is 9.50. The lowest BCUT2D eigenvalue weighted by atomic mass is 10.1. The van der Waals surface area contributed by atoms with Crippen molar-refractivity contribution >= 4 is 29.1 Å². The highest BCUT2D eigenvalue weighted by atomic mass is 19.4. The second-order valence-electron chi connectivity index (χ2n) is 6.93. The fraction of sp³-hybridized carbons (Fsp3) is 0.333. The number of alkyl halides is 3. The molecule has 1 heterocycles. The number of nitrogens with zero attached hydrogens (tertiary/aromatic N) is 1. The number of hydrogen-bond donors (Lipinski definition) is 2. The Morgan fingerprint density at radius 3 is 2.40 bits per heavy atom. The van der Waals surface area contributed by atoms with Crippen LogP contribution >= 0.6 is 0 Å². The zero-order valence-electron chi connectivity index (χ0n) is 16.4. The third kappa shape index (κ3) is 5.22. The predicted molar refractivity (Wildman–Crippen MR) is 108 cm³/mol. The smallest absolute Gasteiger partial charge is 0.416 e. The topological polar surface area (TPSA) is 70.7 Å². The van der Waals surface area contributed by atoms with Crippen molar-refractivity contribution in [1.82, 2.24) is 0 Å². The van der Waals surface area contributed by atoms with Crippen LogP contribution in [0, 0.1) is 0 Å². The zero-order chi connectivity index (χ0) is 21.7. The van der Waals surface area contributed by atoms with Crippen molar-refractivity contribution in [3.05, 3.63) is 53.6 Å². The van der Waals surface area contributed by atoms with Gasteiger partial charge in [-0.15, -0.1) is 0 Å². The normalized spacial score (nSPS) is 14.2. The van der Waals surface area contributed by atoms with E-state index in [4.69, 9.17) is 0 Å². The van der Waals surface area contributed by atoms with Gasteiger partial charge in [-0.3, -0.25) is 10.1 Å². The average Bonchev–Trinajstić information content (AvgIpc) is 2.73. The SMILES string of the molecule is COC(=O)Nc1cccc(C(=O)Nc2cc(C(F)(F)F)ccc2N2CCCCC2)c1. The van der Waals surface area contributed by atoms with E-state index in [9.17, 15) is 22.8 Å². The minimum Gasteiger partial charge on any atom is -0.453 e. The summed E-state index contributed by atoms with van der Waals surface area (Å²) in [6.45, 7) is 1.43. The molecule has 0 bridgehead atoms. The lowest BCUT2D eigenvalue weighted by Crippen LogP contribution is -2.30. The number of carbonyl (C=O) groups excluding carboxylic acids is 2. The van der Waals surface area contributed by atoms with Crippen LogP contribution in [-0.4, -0.2) is 32.2 Å². The van der Waals surface area contributed by atoms with E-state index in [-0.39, 0.29) is 11.3 Å². The van der Waals surface area contributed by atoms with Crippen LogP contribution in [0.4, 0.5) is 35.0 Å². The van der Waals surface area contributed by atoms with E-state index in [1.807, 2.05) is 4.90 Å². The molecule has 0 atom stereocenters. The number of nitrogens with one attached hydrogen (secondary N) is 2. The molecule has 0 saturated carbocycles. The highest BCUT2D eigenvalue weighted by molar-refractivity contribution is 6.06. The number of benzene rings is 2. The molecular formula is C21H22F3N3O3. The fourth-order valence-electron chi connectivity index (χ4n) is 3.32. The van der Waals surface area contributed by atoms with Crippen molar-refractivity contribution < 1.29 is 27.5 Å². The van der Waals surface area contributed by atoms with Crippen molar-refractivity contribution in [1.29, 1.82) is 0 Å². The molecule has 2 amide bonds. The van der Waals surface area contributed by atoms with Crippen LogP contribution in [-0.2, 0) is 10.9 Å². The van der Waals surface area contributed by atoms with E-state index in [0.29, 0.717) is 24.5 Å². The molecule has 0 aromatic heterocycles. The van der Waals surface area contributed by atoms with Gasteiger partial charge in [-0.05, 0) is 55.7 Å². The minimum atomic E-state index is -4.52. The Morgan fingerprint density at radius 2 is 1.73 bits per heavy atom. The summed E-state index contributed by atoms with van der Waals surface area (Å²) in [7, 11) is 1.21. The first kappa shape index (κ1) is 21.5. The molecule has 0 aliphatic carbocycles. The Labute approximate surface area is 172 Å². The van der Waals surface area contributed by atoms with E-state index in [2.05, 4.69) is 15.4 Å². The van der Waals surface area contributed by atoms with Gasteiger partial charge < -0.3 is 15.0 Å². The zero-order valence-corrected chi connectivity index (χ0v) is 16.4. The number of ether oxygens (including phenoxy) is 1. The van der Waals surface area contributed by atoms with Crippen molar-refractivity contribution in [3.63, 3.8) is 0 Å². The summed E-state index contributed by atoms with van der Waals surface area (Å²) in [5.41, 5.74) is 0.336. The number of methoxy groups -OCH3 is 1. The summed E-state index contributed by atoms with van der Waals surface area (Å²) < 4.78 is 44.2. The van der Waals surface area contributed by atoms with Gasteiger partial charge in [0, 0.05) is 24.3 Å². The summed E-state index contributed by atoms with van der Waals surface area (Å²) in [6, 6.07) is 9.43. The molecule has 6 nitrogen and oxygen atoms in total. The molecule has 9 heteroatoms. The van der Waals surface area contributed by atoms with Crippen LogP contribution in [0.2, 0.25) is 0 Å². The molecular weight excluding hydrogens is 399 g/mol. The Bertz CT molecular complexity index is 925. The maximum atomic E-state index is 13.2. The van der Waals surface area contributed by atoms with Crippen LogP contribution < -0.4 is 15.5 Å². The van der Waals surface area contributed by atoms with Crippen LogP contribution in [0.15, 0.2) is 42.5 Å². The van der Waals surface area contributed by atoms with Gasteiger partial charge in [0.15, 0.2) is 0 Å². The monoisotopic (exact) mass is 421 g/mol. The Hall–Kier alpha value is -3.23. The van der Waals surface area contributed by atoms with E-state index in [1.165, 1.54) is 25.3 Å². The number of hydrogen-bond acceptors (Lipinski definition) is 4. The maximum absolute atomic E-state index is 13.2. The first-order chi connectivity index (χ1) is 14.3. The van der Waals surface area contributed by atoms with Crippen molar-refractivity contribution in [2.24, 2.45) is 0 Å². The molecule has 0 spiro atoms. The lowest BCUT2D eigenvalue weighted by molar-refractivity contribution is -0.137. The third-order valence-corrected chi connectivity index (χ3v) is 4.83. The van der Waals surface area contributed by atoms with Crippen molar-refractivity contribution in [2.75, 3.05) is 35.7 Å². The number of anilines is 3. The van der Waals surface area contributed by atoms with Gasteiger partial charge in [0.25, 0.3) is 5.91 Å². The van der Waals surface area contributed by atoms with E-state index < -0.39 is 23.7 Å². The van der Waals surface area contributed by atoms with Crippen molar-refractivity contribution in [2.45, 2.75) is 25.4 Å². The molecule has 1 aliphatic heterocycles. The fourth-order valence-corrected chi connectivity index (χ4v) is 3.32. The largest absolute Gasteiger partial charge is 0.453 e. The molecule has 1 aliphatic rings. The highest BCUT2D eigenvalue weighted by Gasteiger charge is 2.32. The molecule has 30 heavy (non-hydrogen) atoms. The van der Waals surface area contributed by atoms with Gasteiger partial charge in [-0.25, -0.2) is 4.79 Å². The molecule has 0 radical (unpaired) electrons. The predicted octanol–water partition coefficient (Wildman–Crippen LogP) is 5.13.